The normalized spacial score (nSPS) is 23.6. The second-order valence-electron chi connectivity index (χ2n) is 8.18. The molecule has 2 aliphatic heterocycles. The van der Waals surface area contributed by atoms with Crippen LogP contribution in [0.5, 0.6) is 0 Å². The van der Waals surface area contributed by atoms with Crippen molar-refractivity contribution in [1.82, 2.24) is 9.80 Å². The van der Waals surface area contributed by atoms with Crippen molar-refractivity contribution in [3.05, 3.63) is 0 Å². The number of carbonyl (C=O) groups excluding carboxylic acids is 1. The second kappa shape index (κ2) is 4.37. The molecule has 2 rings (SSSR count). The fourth-order valence-corrected chi connectivity index (χ4v) is 2.91. The van der Waals surface area contributed by atoms with Gasteiger partial charge in [0.05, 0.1) is 0 Å². The summed E-state index contributed by atoms with van der Waals surface area (Å²) >= 11 is 0. The van der Waals surface area contributed by atoms with E-state index in [0.29, 0.717) is 5.41 Å². The molecule has 1 amide bonds. The van der Waals surface area contributed by atoms with Crippen molar-refractivity contribution in [2.24, 2.45) is 5.41 Å². The molecule has 0 bridgehead atoms. The van der Waals surface area contributed by atoms with Crippen LogP contribution < -0.4 is 0 Å². The Hall–Kier alpha value is -0.770. The van der Waals surface area contributed by atoms with Crippen molar-refractivity contribution in [3.8, 4) is 0 Å². The van der Waals surface area contributed by atoms with Crippen LogP contribution in [0.4, 0.5) is 4.79 Å². The van der Waals surface area contributed by atoms with Gasteiger partial charge < -0.3 is 9.64 Å². The molecule has 0 aromatic heterocycles. The van der Waals surface area contributed by atoms with Crippen LogP contribution in [0.1, 0.15) is 48.0 Å². The highest BCUT2D eigenvalue weighted by molar-refractivity contribution is 5.68. The van der Waals surface area contributed by atoms with Crippen LogP contribution in [0.3, 0.4) is 0 Å². The Labute approximate surface area is 117 Å². The van der Waals surface area contributed by atoms with Gasteiger partial charge >= 0.3 is 6.09 Å². The summed E-state index contributed by atoms with van der Waals surface area (Å²) in [4.78, 5) is 16.4. The van der Waals surface area contributed by atoms with Gasteiger partial charge in [0.1, 0.15) is 5.60 Å². The van der Waals surface area contributed by atoms with E-state index in [9.17, 15) is 4.79 Å². The van der Waals surface area contributed by atoms with Gasteiger partial charge in [-0.25, -0.2) is 4.79 Å². The molecule has 0 N–H and O–H groups in total. The van der Waals surface area contributed by atoms with Gasteiger partial charge in [-0.05, 0) is 48.0 Å². The van der Waals surface area contributed by atoms with Crippen LogP contribution in [0.15, 0.2) is 0 Å². The molecule has 110 valence electrons. The van der Waals surface area contributed by atoms with Gasteiger partial charge in [-0.1, -0.05) is 0 Å². The molecular formula is C15H28N2O2. The summed E-state index contributed by atoms with van der Waals surface area (Å²) in [6.45, 7) is 16.4. The van der Waals surface area contributed by atoms with Crippen LogP contribution >= 0.6 is 0 Å². The molecule has 1 spiro atoms. The van der Waals surface area contributed by atoms with Crippen LogP contribution in [-0.2, 0) is 4.74 Å². The zero-order chi connectivity index (χ0) is 14.5. The summed E-state index contributed by atoms with van der Waals surface area (Å²) in [5.74, 6) is 0. The topological polar surface area (TPSA) is 32.8 Å². The highest BCUT2D eigenvalue weighted by Crippen LogP contribution is 2.42. The number of amides is 1. The maximum Gasteiger partial charge on any atom is 0.410 e. The zero-order valence-electron chi connectivity index (χ0n) is 13.2. The number of nitrogens with zero attached hydrogens (tertiary/aromatic N) is 2. The fraction of sp³-hybridized carbons (Fsp3) is 0.933. The summed E-state index contributed by atoms with van der Waals surface area (Å²) in [5.41, 5.74) is 0.165. The summed E-state index contributed by atoms with van der Waals surface area (Å²) in [7, 11) is 0. The summed E-state index contributed by atoms with van der Waals surface area (Å²) in [5, 5.41) is 0. The SMILES string of the molecule is CC(C)(C)OC(=O)N1CCC2(C1)CN(C(C)(C)C)C2. The van der Waals surface area contributed by atoms with Crippen molar-refractivity contribution in [3.63, 3.8) is 0 Å². The first-order chi connectivity index (χ1) is 8.51. The molecule has 0 aromatic carbocycles. The quantitative estimate of drug-likeness (QED) is 0.677. The van der Waals surface area contributed by atoms with Gasteiger partial charge in [0.15, 0.2) is 0 Å². The standard InChI is InChI=1S/C15H28N2O2/c1-13(2,3)17-10-15(11-17)7-8-16(9-15)12(18)19-14(4,5)6/h7-11H2,1-6H3. The van der Waals surface area contributed by atoms with Gasteiger partial charge in [0.2, 0.25) is 0 Å². The Bertz CT molecular complexity index is 359. The first-order valence-electron chi connectivity index (χ1n) is 7.24. The number of hydrogen-bond donors (Lipinski definition) is 0. The molecule has 0 aromatic rings. The Kier molecular flexibility index (Phi) is 3.37. The predicted molar refractivity (Wildman–Crippen MR) is 76.2 cm³/mol. The lowest BCUT2D eigenvalue weighted by Gasteiger charge is -2.54. The molecular weight excluding hydrogens is 240 g/mol. The highest BCUT2D eigenvalue weighted by Gasteiger charge is 2.51. The monoisotopic (exact) mass is 268 g/mol. The second-order valence-corrected chi connectivity index (χ2v) is 8.18. The van der Waals surface area contributed by atoms with Gasteiger partial charge in [-0.3, -0.25) is 4.90 Å². The van der Waals surface area contributed by atoms with Crippen molar-refractivity contribution in [1.29, 1.82) is 0 Å². The third-order valence-corrected chi connectivity index (χ3v) is 4.09. The minimum Gasteiger partial charge on any atom is -0.444 e. The third kappa shape index (κ3) is 3.22. The molecule has 0 aliphatic carbocycles. The van der Waals surface area contributed by atoms with E-state index in [1.165, 1.54) is 0 Å². The maximum atomic E-state index is 12.1. The van der Waals surface area contributed by atoms with E-state index < -0.39 is 5.60 Å². The lowest BCUT2D eigenvalue weighted by molar-refractivity contribution is -0.0531. The van der Waals surface area contributed by atoms with Crippen LogP contribution in [0.2, 0.25) is 0 Å². The maximum absolute atomic E-state index is 12.1. The van der Waals surface area contributed by atoms with E-state index in [0.717, 1.165) is 32.6 Å². The molecule has 2 aliphatic rings. The number of rotatable bonds is 0. The highest BCUT2D eigenvalue weighted by atomic mass is 16.6. The third-order valence-electron chi connectivity index (χ3n) is 4.09. The smallest absolute Gasteiger partial charge is 0.410 e. The molecule has 2 saturated heterocycles. The molecule has 4 heteroatoms. The largest absolute Gasteiger partial charge is 0.444 e. The Morgan fingerprint density at radius 2 is 1.63 bits per heavy atom. The van der Waals surface area contributed by atoms with Gasteiger partial charge in [0, 0.05) is 37.1 Å². The Morgan fingerprint density at radius 1 is 1.05 bits per heavy atom. The van der Waals surface area contributed by atoms with Gasteiger partial charge in [-0.15, -0.1) is 0 Å². The minimum absolute atomic E-state index is 0.154. The number of ether oxygens (including phenoxy) is 1. The average molecular weight is 268 g/mol. The summed E-state index contributed by atoms with van der Waals surface area (Å²) < 4.78 is 5.45. The van der Waals surface area contributed by atoms with Crippen LogP contribution in [-0.4, -0.2) is 53.2 Å². The van der Waals surface area contributed by atoms with E-state index in [1.807, 2.05) is 25.7 Å². The van der Waals surface area contributed by atoms with Crippen molar-refractivity contribution < 1.29 is 9.53 Å². The van der Waals surface area contributed by atoms with Crippen LogP contribution in [0.25, 0.3) is 0 Å². The van der Waals surface area contributed by atoms with E-state index in [4.69, 9.17) is 4.74 Å². The number of hydrogen-bond acceptors (Lipinski definition) is 3. The van der Waals surface area contributed by atoms with Gasteiger partial charge in [0.25, 0.3) is 0 Å². The first kappa shape index (κ1) is 14.6. The van der Waals surface area contributed by atoms with E-state index >= 15 is 0 Å². The van der Waals surface area contributed by atoms with E-state index in [2.05, 4.69) is 25.7 Å². The number of likely N-dealkylation sites (tertiary alicyclic amines) is 2. The molecule has 2 heterocycles. The predicted octanol–water partition coefficient (Wildman–Crippen LogP) is 2.73. The Morgan fingerprint density at radius 3 is 2.11 bits per heavy atom. The molecule has 4 nitrogen and oxygen atoms in total. The van der Waals surface area contributed by atoms with Crippen molar-refractivity contribution >= 4 is 6.09 Å². The Balaban J connectivity index is 1.87. The summed E-state index contributed by atoms with van der Waals surface area (Å²) in [6.07, 6.45) is 0.956. The molecule has 2 fully saturated rings. The molecule has 19 heavy (non-hydrogen) atoms. The summed E-state index contributed by atoms with van der Waals surface area (Å²) in [6, 6.07) is 0. The van der Waals surface area contributed by atoms with Crippen molar-refractivity contribution in [2.75, 3.05) is 26.2 Å². The lowest BCUT2D eigenvalue weighted by Crippen LogP contribution is -2.63. The van der Waals surface area contributed by atoms with E-state index in [1.54, 1.807) is 0 Å². The first-order valence-corrected chi connectivity index (χ1v) is 7.24. The molecule has 0 unspecified atom stereocenters. The van der Waals surface area contributed by atoms with E-state index in [-0.39, 0.29) is 11.6 Å². The lowest BCUT2D eigenvalue weighted by atomic mass is 9.76. The molecule has 0 saturated carbocycles. The minimum atomic E-state index is -0.399. The number of carbonyl (C=O) groups is 1. The van der Waals surface area contributed by atoms with Crippen LogP contribution in [0, 0.1) is 5.41 Å². The fourth-order valence-electron chi connectivity index (χ4n) is 2.91. The van der Waals surface area contributed by atoms with Gasteiger partial charge in [-0.2, -0.15) is 0 Å². The zero-order valence-corrected chi connectivity index (χ0v) is 13.2. The molecule has 0 radical (unpaired) electrons. The van der Waals surface area contributed by atoms with Crippen molar-refractivity contribution in [2.45, 2.75) is 59.1 Å². The molecule has 0 atom stereocenters. The average Bonchev–Trinajstić information content (AvgIpc) is 2.54.